The summed E-state index contributed by atoms with van der Waals surface area (Å²) in [5, 5.41) is 12.1. The first kappa shape index (κ1) is 23.2. The van der Waals surface area contributed by atoms with E-state index in [9.17, 15) is 4.79 Å². The second-order valence-corrected chi connectivity index (χ2v) is 9.40. The third-order valence-electron chi connectivity index (χ3n) is 6.17. The van der Waals surface area contributed by atoms with E-state index in [1.165, 1.54) is 42.2 Å². The predicted octanol–water partition coefficient (Wildman–Crippen LogP) is 4.20. The number of carbonyl (C=O) groups excluding carboxylic acids is 1. The van der Waals surface area contributed by atoms with Gasteiger partial charge in [-0.1, -0.05) is 25.1 Å². The number of rotatable bonds is 7. The molecule has 1 aliphatic carbocycles. The third-order valence-corrected chi connectivity index (χ3v) is 7.13. The largest absolute Gasteiger partial charge is 0.379 e. The van der Waals surface area contributed by atoms with E-state index in [1.807, 2.05) is 6.07 Å². The molecule has 3 N–H and O–H groups in total. The molecular weight excluding hydrogens is 441 g/mol. The average Bonchev–Trinajstić information content (AvgIpc) is 3.18. The number of carbonyl (C=O) groups is 1. The third kappa shape index (κ3) is 4.87. The van der Waals surface area contributed by atoms with Crippen LogP contribution in [0.3, 0.4) is 0 Å². The molecule has 1 amide bonds. The van der Waals surface area contributed by atoms with Crippen molar-refractivity contribution in [2.24, 2.45) is 16.6 Å². The van der Waals surface area contributed by atoms with Crippen LogP contribution in [0.4, 0.5) is 10.1 Å². The van der Waals surface area contributed by atoms with Gasteiger partial charge in [-0.15, -0.1) is 0 Å². The van der Waals surface area contributed by atoms with Crippen LogP contribution in [0.5, 0.6) is 0 Å². The smallest absolute Gasteiger partial charge is 0.274 e. The monoisotopic (exact) mass is 467 g/mol. The lowest BCUT2D eigenvalue weighted by molar-refractivity contribution is 0.0513. The predicted molar refractivity (Wildman–Crippen MR) is 126 cm³/mol. The minimum atomic E-state index is -0.816. The van der Waals surface area contributed by atoms with E-state index in [4.69, 9.17) is 20.7 Å². The molecule has 0 spiro atoms. The zero-order chi connectivity index (χ0) is 23.4. The van der Waals surface area contributed by atoms with E-state index in [2.05, 4.69) is 17.2 Å². The van der Waals surface area contributed by atoms with Gasteiger partial charge in [0, 0.05) is 42.1 Å². The highest BCUT2D eigenvalue weighted by atomic mass is 32.2. The van der Waals surface area contributed by atoms with Crippen LogP contribution >= 0.6 is 11.8 Å². The number of amides is 1. The number of unbranched alkanes of at least 4 members (excludes halogenated alkanes) is 1. The molecule has 172 valence electrons. The van der Waals surface area contributed by atoms with Gasteiger partial charge in [-0.2, -0.15) is 5.26 Å². The molecule has 0 unspecified atom stereocenters. The molecule has 1 aromatic carbocycles. The normalized spacial score (nSPS) is 24.0. The highest BCUT2D eigenvalue weighted by Gasteiger charge is 2.52. The molecular formula is C24H26FN5O2S. The van der Waals surface area contributed by atoms with Crippen molar-refractivity contribution in [2.75, 3.05) is 17.7 Å². The lowest BCUT2D eigenvalue weighted by Gasteiger charge is -2.36. The number of nitrogens with zero attached hydrogens (tertiary/aromatic N) is 3. The molecule has 4 rings (SSSR count). The van der Waals surface area contributed by atoms with E-state index < -0.39 is 11.4 Å². The summed E-state index contributed by atoms with van der Waals surface area (Å²) >= 11 is 1.49. The van der Waals surface area contributed by atoms with Crippen LogP contribution in [0.25, 0.3) is 0 Å². The van der Waals surface area contributed by atoms with Gasteiger partial charge in [-0.3, -0.25) is 9.79 Å². The lowest BCUT2D eigenvalue weighted by Crippen LogP contribution is -2.37. The zero-order valence-electron chi connectivity index (χ0n) is 18.4. The van der Waals surface area contributed by atoms with Crippen LogP contribution in [0.15, 0.2) is 41.5 Å². The number of anilines is 1. The first-order valence-electron chi connectivity index (χ1n) is 11.0. The number of benzene rings is 1. The molecule has 2 aliphatic rings. The van der Waals surface area contributed by atoms with E-state index >= 15 is 4.39 Å². The second kappa shape index (κ2) is 9.89. The molecule has 1 fully saturated rings. The number of nitrogens with two attached hydrogens (primary N) is 1. The summed E-state index contributed by atoms with van der Waals surface area (Å²) in [4.78, 5) is 21.4. The molecule has 7 nitrogen and oxygen atoms in total. The number of thioether (sulfide) groups is 1. The Morgan fingerprint density at radius 1 is 1.42 bits per heavy atom. The van der Waals surface area contributed by atoms with Crippen molar-refractivity contribution in [1.82, 2.24) is 4.98 Å². The fourth-order valence-electron chi connectivity index (χ4n) is 4.50. The molecule has 2 aromatic rings. The number of nitriles is 1. The Morgan fingerprint density at radius 3 is 3.00 bits per heavy atom. The van der Waals surface area contributed by atoms with E-state index in [0.717, 1.165) is 25.0 Å². The van der Waals surface area contributed by atoms with Crippen LogP contribution < -0.4 is 11.1 Å². The Balaban J connectivity index is 1.61. The quantitative estimate of drug-likeness (QED) is 0.590. The molecule has 3 atom stereocenters. The Kier molecular flexibility index (Phi) is 6.96. The molecule has 0 bridgehead atoms. The van der Waals surface area contributed by atoms with Gasteiger partial charge in [0.25, 0.3) is 5.91 Å². The van der Waals surface area contributed by atoms with Crippen molar-refractivity contribution < 1.29 is 13.9 Å². The Morgan fingerprint density at radius 2 is 2.27 bits per heavy atom. The number of pyridine rings is 1. The highest BCUT2D eigenvalue weighted by Crippen LogP contribution is 2.52. The standard InChI is InChI=1S/C24H26FN5O2S/c1-2-3-8-32-18-9-16-14-33-23(27)30-24(16,11-18)19-10-17(5-6-20(19)25)29-22(31)21-7-4-15(12-26)13-28-21/h4-7,10,13,16,18H,2-3,8-9,11,14H2,1H3,(H2,27,30)(H,29,31)/t16-,18+,24-/m0/s1. The Labute approximate surface area is 196 Å². The number of nitrogens with one attached hydrogen (secondary N) is 1. The molecule has 9 heteroatoms. The van der Waals surface area contributed by atoms with Crippen molar-refractivity contribution in [3.63, 3.8) is 0 Å². The van der Waals surface area contributed by atoms with Gasteiger partial charge in [-0.25, -0.2) is 9.37 Å². The Hall–Kier alpha value is -2.96. The number of ether oxygens (including phenoxy) is 1. The van der Waals surface area contributed by atoms with Gasteiger partial charge < -0.3 is 15.8 Å². The van der Waals surface area contributed by atoms with Crippen molar-refractivity contribution in [2.45, 2.75) is 44.2 Å². The SMILES string of the molecule is CCCCO[C@@H]1C[C@H]2CSC(N)=N[C@@]2(c2cc(NC(=O)c3ccc(C#N)cn3)ccc2F)C1. The highest BCUT2D eigenvalue weighted by molar-refractivity contribution is 8.13. The average molecular weight is 468 g/mol. The fourth-order valence-corrected chi connectivity index (χ4v) is 5.51. The van der Waals surface area contributed by atoms with E-state index in [-0.39, 0.29) is 23.5 Å². The number of aliphatic imine (C=N–C) groups is 1. The van der Waals surface area contributed by atoms with Gasteiger partial charge in [-0.05, 0) is 43.2 Å². The topological polar surface area (TPSA) is 113 Å². The maximum absolute atomic E-state index is 15.2. The van der Waals surface area contributed by atoms with Crippen molar-refractivity contribution in [3.05, 3.63) is 59.2 Å². The Bertz CT molecular complexity index is 1100. The summed E-state index contributed by atoms with van der Waals surface area (Å²) in [5.41, 5.74) is 6.67. The first-order valence-corrected chi connectivity index (χ1v) is 12.0. The number of halogens is 1. The van der Waals surface area contributed by atoms with Crippen LogP contribution in [0.2, 0.25) is 0 Å². The summed E-state index contributed by atoms with van der Waals surface area (Å²) in [5.74, 6) is 0.00322. The van der Waals surface area contributed by atoms with Crippen molar-refractivity contribution >= 4 is 28.5 Å². The fraction of sp³-hybridized carbons (Fsp3) is 0.417. The number of hydrogen-bond acceptors (Lipinski definition) is 7. The van der Waals surface area contributed by atoms with E-state index in [0.29, 0.717) is 35.0 Å². The summed E-state index contributed by atoms with van der Waals surface area (Å²) in [6.45, 7) is 2.79. The zero-order valence-corrected chi connectivity index (χ0v) is 19.2. The number of aromatic nitrogens is 1. The van der Waals surface area contributed by atoms with Gasteiger partial charge in [0.05, 0.1) is 17.2 Å². The minimum absolute atomic E-state index is 0.0164. The second-order valence-electron chi connectivity index (χ2n) is 8.36. The maximum atomic E-state index is 15.2. The lowest BCUT2D eigenvalue weighted by atomic mass is 9.81. The van der Waals surface area contributed by atoms with Crippen LogP contribution in [0.1, 0.15) is 54.2 Å². The summed E-state index contributed by atoms with van der Waals surface area (Å²) in [6, 6.07) is 9.48. The van der Waals surface area contributed by atoms with Crippen LogP contribution in [-0.4, -0.2) is 34.5 Å². The number of amidine groups is 1. The van der Waals surface area contributed by atoms with Crippen LogP contribution in [0, 0.1) is 23.1 Å². The number of fused-ring (bicyclic) bond motifs is 1. The van der Waals surface area contributed by atoms with Crippen molar-refractivity contribution in [3.8, 4) is 6.07 Å². The molecule has 2 heterocycles. The molecule has 1 aliphatic heterocycles. The van der Waals surface area contributed by atoms with Gasteiger partial charge in [0.1, 0.15) is 17.6 Å². The summed E-state index contributed by atoms with van der Waals surface area (Å²) in [7, 11) is 0. The maximum Gasteiger partial charge on any atom is 0.274 e. The van der Waals surface area contributed by atoms with Gasteiger partial charge in [0.15, 0.2) is 5.17 Å². The summed E-state index contributed by atoms with van der Waals surface area (Å²) < 4.78 is 21.3. The molecule has 0 saturated heterocycles. The molecule has 1 aromatic heterocycles. The van der Waals surface area contributed by atoms with Gasteiger partial charge in [0.2, 0.25) is 0 Å². The van der Waals surface area contributed by atoms with Crippen molar-refractivity contribution in [1.29, 1.82) is 5.26 Å². The molecule has 1 saturated carbocycles. The van der Waals surface area contributed by atoms with E-state index in [1.54, 1.807) is 6.07 Å². The van der Waals surface area contributed by atoms with Crippen LogP contribution in [-0.2, 0) is 10.3 Å². The first-order chi connectivity index (χ1) is 15.9. The van der Waals surface area contributed by atoms with Gasteiger partial charge >= 0.3 is 0 Å². The molecule has 0 radical (unpaired) electrons. The number of hydrogen-bond donors (Lipinski definition) is 2. The minimum Gasteiger partial charge on any atom is -0.379 e. The summed E-state index contributed by atoms with van der Waals surface area (Å²) in [6.07, 6.45) is 4.69. The molecule has 33 heavy (non-hydrogen) atoms.